The second kappa shape index (κ2) is 7.37. The van der Waals surface area contributed by atoms with Crippen LogP contribution in [0.15, 0.2) is 18.2 Å². The van der Waals surface area contributed by atoms with Gasteiger partial charge in [-0.15, -0.1) is 0 Å². The Balaban J connectivity index is 1.76. The maximum Gasteiger partial charge on any atom is 0.234 e. The molecule has 0 unspecified atom stereocenters. The molecule has 0 atom stereocenters. The number of nitrogens with zero attached hydrogens (tertiary/aromatic N) is 2. The lowest BCUT2D eigenvalue weighted by Crippen LogP contribution is -2.50. The van der Waals surface area contributed by atoms with Crippen LogP contribution in [0.3, 0.4) is 0 Å². The molecule has 1 amide bonds. The van der Waals surface area contributed by atoms with E-state index in [0.29, 0.717) is 37.3 Å². The van der Waals surface area contributed by atoms with Gasteiger partial charge >= 0.3 is 0 Å². The lowest BCUT2D eigenvalue weighted by Gasteiger charge is -2.32. The molecule has 2 rings (SSSR count). The SMILES string of the molecule is Cc1ccc(CNC(=O)CN2CCN(S(C)(=O)=O)CC2)cc1F. The van der Waals surface area contributed by atoms with E-state index in [1.807, 2.05) is 4.90 Å². The second-order valence-corrected chi connectivity index (χ2v) is 7.78. The van der Waals surface area contributed by atoms with Gasteiger partial charge in [-0.25, -0.2) is 12.8 Å². The molecule has 8 heteroatoms. The van der Waals surface area contributed by atoms with Gasteiger partial charge < -0.3 is 5.32 Å². The van der Waals surface area contributed by atoms with Crippen LogP contribution in [-0.4, -0.2) is 62.5 Å². The predicted octanol–water partition coefficient (Wildman–Crippen LogP) is 0.328. The van der Waals surface area contributed by atoms with E-state index in [1.54, 1.807) is 19.1 Å². The lowest BCUT2D eigenvalue weighted by atomic mass is 10.1. The molecule has 1 fully saturated rings. The normalized spacial score (nSPS) is 17.2. The Morgan fingerprint density at radius 1 is 1.26 bits per heavy atom. The van der Waals surface area contributed by atoms with E-state index in [2.05, 4.69) is 5.32 Å². The average molecular weight is 343 g/mol. The van der Waals surface area contributed by atoms with Gasteiger partial charge in [0.05, 0.1) is 12.8 Å². The van der Waals surface area contributed by atoms with Crippen molar-refractivity contribution in [2.24, 2.45) is 0 Å². The van der Waals surface area contributed by atoms with Crippen LogP contribution in [0.5, 0.6) is 0 Å². The largest absolute Gasteiger partial charge is 0.351 e. The maximum atomic E-state index is 13.4. The molecule has 0 radical (unpaired) electrons. The number of hydrogen-bond acceptors (Lipinski definition) is 4. The zero-order valence-corrected chi connectivity index (χ0v) is 14.2. The number of aryl methyl sites for hydroxylation is 1. The number of hydrogen-bond donors (Lipinski definition) is 1. The van der Waals surface area contributed by atoms with Crippen LogP contribution in [0.1, 0.15) is 11.1 Å². The van der Waals surface area contributed by atoms with Crippen molar-refractivity contribution >= 4 is 15.9 Å². The number of nitrogens with one attached hydrogen (secondary N) is 1. The minimum absolute atomic E-state index is 0.154. The summed E-state index contributed by atoms with van der Waals surface area (Å²) in [6, 6.07) is 4.88. The highest BCUT2D eigenvalue weighted by atomic mass is 32.2. The van der Waals surface area contributed by atoms with E-state index >= 15 is 0 Å². The highest BCUT2D eigenvalue weighted by Gasteiger charge is 2.24. The minimum Gasteiger partial charge on any atom is -0.351 e. The molecule has 0 saturated carbocycles. The molecule has 1 aromatic carbocycles. The highest BCUT2D eigenvalue weighted by molar-refractivity contribution is 7.88. The van der Waals surface area contributed by atoms with Gasteiger partial charge in [0.2, 0.25) is 15.9 Å². The summed E-state index contributed by atoms with van der Waals surface area (Å²) in [5.74, 6) is -0.438. The zero-order valence-electron chi connectivity index (χ0n) is 13.4. The van der Waals surface area contributed by atoms with Gasteiger partial charge in [0.1, 0.15) is 5.82 Å². The molecule has 1 N–H and O–H groups in total. The van der Waals surface area contributed by atoms with Crippen LogP contribution in [0.25, 0.3) is 0 Å². The van der Waals surface area contributed by atoms with Crippen molar-refractivity contribution in [3.8, 4) is 0 Å². The molecule has 23 heavy (non-hydrogen) atoms. The van der Waals surface area contributed by atoms with E-state index < -0.39 is 10.0 Å². The van der Waals surface area contributed by atoms with Crippen molar-refractivity contribution in [3.63, 3.8) is 0 Å². The standard InChI is InChI=1S/C15H22FN3O3S/c1-12-3-4-13(9-14(12)16)10-17-15(20)11-18-5-7-19(8-6-18)23(2,21)22/h3-4,9H,5-8,10-11H2,1-2H3,(H,17,20). The van der Waals surface area contributed by atoms with Gasteiger partial charge in [0.25, 0.3) is 0 Å². The van der Waals surface area contributed by atoms with Gasteiger partial charge in [0, 0.05) is 32.7 Å². The highest BCUT2D eigenvalue weighted by Crippen LogP contribution is 2.09. The Labute approximate surface area is 136 Å². The van der Waals surface area contributed by atoms with Crippen molar-refractivity contribution in [1.82, 2.24) is 14.5 Å². The third-order valence-electron chi connectivity index (χ3n) is 3.89. The van der Waals surface area contributed by atoms with E-state index in [4.69, 9.17) is 0 Å². The van der Waals surface area contributed by atoms with Crippen LogP contribution in [0.4, 0.5) is 4.39 Å². The molecule has 0 aromatic heterocycles. The van der Waals surface area contributed by atoms with Gasteiger partial charge in [-0.1, -0.05) is 12.1 Å². The van der Waals surface area contributed by atoms with Crippen LogP contribution in [0.2, 0.25) is 0 Å². The van der Waals surface area contributed by atoms with Crippen LogP contribution in [-0.2, 0) is 21.4 Å². The summed E-state index contributed by atoms with van der Waals surface area (Å²) in [7, 11) is -3.16. The first-order chi connectivity index (χ1) is 10.8. The van der Waals surface area contributed by atoms with Gasteiger partial charge in [-0.3, -0.25) is 9.69 Å². The number of rotatable bonds is 5. The fourth-order valence-electron chi connectivity index (χ4n) is 2.43. The van der Waals surface area contributed by atoms with E-state index in [1.165, 1.54) is 16.6 Å². The number of piperazine rings is 1. The lowest BCUT2D eigenvalue weighted by molar-refractivity contribution is -0.122. The molecular formula is C15H22FN3O3S. The van der Waals surface area contributed by atoms with E-state index in [0.717, 1.165) is 0 Å². The van der Waals surface area contributed by atoms with Crippen LogP contribution >= 0.6 is 0 Å². The van der Waals surface area contributed by atoms with Crippen LogP contribution < -0.4 is 5.32 Å². The number of amides is 1. The van der Waals surface area contributed by atoms with E-state index in [-0.39, 0.29) is 24.8 Å². The van der Waals surface area contributed by atoms with Gasteiger partial charge in [0.15, 0.2) is 0 Å². The number of carbonyl (C=O) groups is 1. The fourth-order valence-corrected chi connectivity index (χ4v) is 3.25. The summed E-state index contributed by atoms with van der Waals surface area (Å²) in [6.45, 7) is 4.03. The number of halogens is 1. The molecule has 0 aliphatic carbocycles. The first-order valence-electron chi connectivity index (χ1n) is 7.45. The monoisotopic (exact) mass is 343 g/mol. The first-order valence-corrected chi connectivity index (χ1v) is 9.30. The molecule has 1 heterocycles. The predicted molar refractivity (Wildman–Crippen MR) is 85.8 cm³/mol. The molecular weight excluding hydrogens is 321 g/mol. The van der Waals surface area contributed by atoms with Gasteiger partial charge in [-0.05, 0) is 24.1 Å². The molecule has 0 bridgehead atoms. The summed E-state index contributed by atoms with van der Waals surface area (Å²) in [5, 5.41) is 2.76. The van der Waals surface area contributed by atoms with E-state index in [9.17, 15) is 17.6 Å². The van der Waals surface area contributed by atoms with Crippen molar-refractivity contribution in [2.45, 2.75) is 13.5 Å². The number of benzene rings is 1. The number of carbonyl (C=O) groups excluding carboxylic acids is 1. The minimum atomic E-state index is -3.16. The second-order valence-electron chi connectivity index (χ2n) is 5.80. The Bertz CT molecular complexity index is 671. The Kier molecular flexibility index (Phi) is 5.72. The van der Waals surface area contributed by atoms with Crippen molar-refractivity contribution < 1.29 is 17.6 Å². The average Bonchev–Trinajstić information content (AvgIpc) is 2.48. The topological polar surface area (TPSA) is 69.7 Å². The number of sulfonamides is 1. The smallest absolute Gasteiger partial charge is 0.234 e. The summed E-state index contributed by atoms with van der Waals surface area (Å²) in [6.07, 6.45) is 1.19. The fraction of sp³-hybridized carbons (Fsp3) is 0.533. The summed E-state index contributed by atoms with van der Waals surface area (Å²) >= 11 is 0. The van der Waals surface area contributed by atoms with Crippen LogP contribution in [0, 0.1) is 12.7 Å². The Morgan fingerprint density at radius 2 is 1.91 bits per heavy atom. The summed E-state index contributed by atoms with van der Waals surface area (Å²) in [5.41, 5.74) is 1.28. The zero-order chi connectivity index (χ0) is 17.0. The maximum absolute atomic E-state index is 13.4. The Hall–Kier alpha value is -1.51. The van der Waals surface area contributed by atoms with Crippen molar-refractivity contribution in [3.05, 3.63) is 35.1 Å². The summed E-state index contributed by atoms with van der Waals surface area (Å²) < 4.78 is 37.7. The molecule has 0 spiro atoms. The quantitative estimate of drug-likeness (QED) is 0.836. The third-order valence-corrected chi connectivity index (χ3v) is 5.20. The molecule has 1 aliphatic rings. The third kappa shape index (κ3) is 5.26. The molecule has 6 nitrogen and oxygen atoms in total. The van der Waals surface area contributed by atoms with Crippen molar-refractivity contribution in [1.29, 1.82) is 0 Å². The molecule has 1 aromatic rings. The van der Waals surface area contributed by atoms with Crippen molar-refractivity contribution in [2.75, 3.05) is 39.0 Å². The first kappa shape index (κ1) is 17.8. The molecule has 128 valence electrons. The molecule has 1 saturated heterocycles. The Morgan fingerprint density at radius 3 is 2.48 bits per heavy atom. The van der Waals surface area contributed by atoms with Gasteiger partial charge in [-0.2, -0.15) is 4.31 Å². The summed E-state index contributed by atoms with van der Waals surface area (Å²) in [4.78, 5) is 13.8. The molecule has 1 aliphatic heterocycles.